The van der Waals surface area contributed by atoms with Gasteiger partial charge in [-0.2, -0.15) is 0 Å². The maximum atomic E-state index is 12.3. The Morgan fingerprint density at radius 3 is 2.44 bits per heavy atom. The van der Waals surface area contributed by atoms with Gasteiger partial charge in [-0.3, -0.25) is 14.5 Å². The summed E-state index contributed by atoms with van der Waals surface area (Å²) in [7, 11) is 1.53. The minimum Gasteiger partial charge on any atom is -0.489 e. The van der Waals surface area contributed by atoms with Crippen molar-refractivity contribution in [1.29, 1.82) is 0 Å². The highest BCUT2D eigenvalue weighted by atomic mass is 35.5. The van der Waals surface area contributed by atoms with Gasteiger partial charge in [-0.1, -0.05) is 35.9 Å². The second-order valence-electron chi connectivity index (χ2n) is 5.81. The first-order valence-corrected chi connectivity index (χ1v) is 9.48. The predicted molar refractivity (Wildman–Crippen MR) is 107 cm³/mol. The molecule has 0 spiro atoms. The fourth-order valence-corrected chi connectivity index (χ4v) is 3.43. The van der Waals surface area contributed by atoms with Gasteiger partial charge in [0.2, 0.25) is 0 Å². The van der Waals surface area contributed by atoms with Crippen LogP contribution in [0, 0.1) is 0 Å². The lowest BCUT2D eigenvalue weighted by Gasteiger charge is -2.10. The lowest BCUT2D eigenvalue weighted by Crippen LogP contribution is -2.31. The third-order valence-corrected chi connectivity index (χ3v) is 5.05. The van der Waals surface area contributed by atoms with Gasteiger partial charge in [0.15, 0.2) is 0 Å². The van der Waals surface area contributed by atoms with Crippen molar-refractivity contribution >= 4 is 40.6 Å². The van der Waals surface area contributed by atoms with Gasteiger partial charge in [0, 0.05) is 12.1 Å². The van der Waals surface area contributed by atoms with Crippen molar-refractivity contribution in [3.63, 3.8) is 0 Å². The van der Waals surface area contributed by atoms with Crippen LogP contribution < -0.4 is 4.74 Å². The Bertz CT molecular complexity index is 849. The fraction of sp³-hybridized carbons (Fsp3) is 0.200. The van der Waals surface area contributed by atoms with Crippen LogP contribution in [-0.2, 0) is 16.1 Å². The van der Waals surface area contributed by atoms with Crippen molar-refractivity contribution in [3.05, 3.63) is 69.6 Å². The summed E-state index contributed by atoms with van der Waals surface area (Å²) in [6.07, 6.45) is 1.71. The quantitative estimate of drug-likeness (QED) is 0.632. The van der Waals surface area contributed by atoms with E-state index in [1.807, 2.05) is 48.5 Å². The average molecular weight is 404 g/mol. The van der Waals surface area contributed by atoms with Crippen molar-refractivity contribution < 1.29 is 19.1 Å². The van der Waals surface area contributed by atoms with Gasteiger partial charge in [-0.25, -0.2) is 0 Å². The van der Waals surface area contributed by atoms with E-state index < -0.39 is 0 Å². The molecule has 27 heavy (non-hydrogen) atoms. The minimum atomic E-state index is -0.287. The van der Waals surface area contributed by atoms with Crippen LogP contribution in [-0.4, -0.2) is 36.3 Å². The molecule has 0 aromatic heterocycles. The van der Waals surface area contributed by atoms with Crippen molar-refractivity contribution in [2.45, 2.75) is 6.61 Å². The lowest BCUT2D eigenvalue weighted by molar-refractivity contribution is -0.123. The first-order chi connectivity index (χ1) is 13.1. The summed E-state index contributed by atoms with van der Waals surface area (Å²) in [5.74, 6) is 0.431. The number of benzene rings is 2. The number of halogens is 1. The van der Waals surface area contributed by atoms with Crippen LogP contribution >= 0.6 is 23.4 Å². The molecule has 0 aliphatic carbocycles. The molecule has 2 aromatic rings. The molecule has 140 valence electrons. The lowest BCUT2D eigenvalue weighted by atomic mass is 10.2. The number of imide groups is 1. The third-order valence-electron chi connectivity index (χ3n) is 3.89. The van der Waals surface area contributed by atoms with E-state index in [1.165, 1.54) is 12.0 Å². The number of thioether (sulfide) groups is 1. The molecule has 1 heterocycles. The number of rotatable bonds is 7. The SMILES string of the molecule is COCCN1C(=O)S/C(=C/c2ccc(OCc3ccc(Cl)cc3)cc2)C1=O. The molecule has 3 rings (SSSR count). The largest absolute Gasteiger partial charge is 0.489 e. The van der Waals surface area contributed by atoms with Crippen LogP contribution in [0.15, 0.2) is 53.4 Å². The zero-order valence-electron chi connectivity index (χ0n) is 14.7. The molecule has 0 N–H and O–H groups in total. The van der Waals surface area contributed by atoms with Gasteiger partial charge in [-0.15, -0.1) is 0 Å². The van der Waals surface area contributed by atoms with Crippen molar-refractivity contribution in [3.8, 4) is 5.75 Å². The smallest absolute Gasteiger partial charge is 0.293 e. The van der Waals surface area contributed by atoms with Crippen molar-refractivity contribution in [2.24, 2.45) is 0 Å². The summed E-state index contributed by atoms with van der Waals surface area (Å²) in [4.78, 5) is 25.8. The highest BCUT2D eigenvalue weighted by Gasteiger charge is 2.34. The Morgan fingerprint density at radius 1 is 1.07 bits per heavy atom. The Kier molecular flexibility index (Phi) is 6.55. The first kappa shape index (κ1) is 19.5. The summed E-state index contributed by atoms with van der Waals surface area (Å²) in [5, 5.41) is 0.418. The Morgan fingerprint density at radius 2 is 1.78 bits per heavy atom. The van der Waals surface area contributed by atoms with Gasteiger partial charge in [0.05, 0.1) is 18.1 Å². The molecule has 2 aromatic carbocycles. The number of hydrogen-bond acceptors (Lipinski definition) is 5. The van der Waals surface area contributed by atoms with Gasteiger partial charge in [-0.05, 0) is 53.2 Å². The first-order valence-electron chi connectivity index (χ1n) is 8.28. The van der Waals surface area contributed by atoms with Gasteiger partial charge in [0.25, 0.3) is 11.1 Å². The zero-order valence-corrected chi connectivity index (χ0v) is 16.3. The Balaban J connectivity index is 1.61. The molecule has 1 aliphatic heterocycles. The zero-order chi connectivity index (χ0) is 19.2. The van der Waals surface area contributed by atoms with Crippen LogP contribution in [0.25, 0.3) is 6.08 Å². The highest BCUT2D eigenvalue weighted by molar-refractivity contribution is 8.18. The molecular formula is C20H18ClNO4S. The second kappa shape index (κ2) is 9.08. The van der Waals surface area contributed by atoms with Crippen LogP contribution in [0.3, 0.4) is 0 Å². The molecule has 1 aliphatic rings. The molecule has 1 saturated heterocycles. The summed E-state index contributed by atoms with van der Waals surface area (Å²) >= 11 is 6.81. The Hall–Kier alpha value is -2.28. The van der Waals surface area contributed by atoms with E-state index in [9.17, 15) is 9.59 Å². The highest BCUT2D eigenvalue weighted by Crippen LogP contribution is 2.32. The predicted octanol–water partition coefficient (Wildman–Crippen LogP) is 4.60. The van der Waals surface area contributed by atoms with E-state index in [0.29, 0.717) is 23.1 Å². The maximum Gasteiger partial charge on any atom is 0.293 e. The maximum absolute atomic E-state index is 12.3. The molecule has 0 saturated carbocycles. The summed E-state index contributed by atoms with van der Waals surface area (Å²) in [6, 6.07) is 14.8. The standard InChI is InChI=1S/C20H18ClNO4S/c1-25-11-10-22-19(23)18(27-20(22)24)12-14-4-8-17(9-5-14)26-13-15-2-6-16(21)7-3-15/h2-9,12H,10-11,13H2,1H3/b18-12+. The monoisotopic (exact) mass is 403 g/mol. The van der Waals surface area contributed by atoms with E-state index in [0.717, 1.165) is 28.6 Å². The van der Waals surface area contributed by atoms with E-state index in [-0.39, 0.29) is 17.7 Å². The number of ether oxygens (including phenoxy) is 2. The van der Waals surface area contributed by atoms with Crippen LogP contribution in [0.1, 0.15) is 11.1 Å². The summed E-state index contributed by atoms with van der Waals surface area (Å²) in [6.45, 7) is 1.02. The molecule has 0 bridgehead atoms. The molecule has 1 fully saturated rings. The molecule has 0 atom stereocenters. The molecule has 0 unspecified atom stereocenters. The van der Waals surface area contributed by atoms with E-state index in [4.69, 9.17) is 21.1 Å². The minimum absolute atomic E-state index is 0.260. The molecular weight excluding hydrogens is 386 g/mol. The number of nitrogens with zero attached hydrogens (tertiary/aromatic N) is 1. The van der Waals surface area contributed by atoms with Gasteiger partial charge < -0.3 is 9.47 Å². The summed E-state index contributed by atoms with van der Waals surface area (Å²) < 4.78 is 10.7. The molecule has 0 radical (unpaired) electrons. The number of hydrogen-bond donors (Lipinski definition) is 0. The fourth-order valence-electron chi connectivity index (χ4n) is 2.43. The molecule has 5 nitrogen and oxygen atoms in total. The van der Waals surface area contributed by atoms with E-state index >= 15 is 0 Å². The van der Waals surface area contributed by atoms with Crippen LogP contribution in [0.2, 0.25) is 5.02 Å². The van der Waals surface area contributed by atoms with Crippen LogP contribution in [0.4, 0.5) is 4.79 Å². The number of amides is 2. The van der Waals surface area contributed by atoms with E-state index in [2.05, 4.69) is 0 Å². The second-order valence-corrected chi connectivity index (χ2v) is 7.24. The average Bonchev–Trinajstić information content (AvgIpc) is 2.94. The number of carbonyl (C=O) groups excluding carboxylic acids is 2. The number of methoxy groups -OCH3 is 1. The molecule has 2 amide bonds. The normalized spacial score (nSPS) is 15.6. The van der Waals surface area contributed by atoms with Crippen molar-refractivity contribution in [1.82, 2.24) is 4.90 Å². The third kappa shape index (κ3) is 5.13. The van der Waals surface area contributed by atoms with Crippen LogP contribution in [0.5, 0.6) is 5.75 Å². The van der Waals surface area contributed by atoms with Crippen molar-refractivity contribution in [2.75, 3.05) is 20.3 Å². The molecule has 7 heteroatoms. The van der Waals surface area contributed by atoms with E-state index in [1.54, 1.807) is 6.08 Å². The topological polar surface area (TPSA) is 55.8 Å². The summed E-state index contributed by atoms with van der Waals surface area (Å²) in [5.41, 5.74) is 1.85. The number of carbonyl (C=O) groups is 2. The Labute approximate surface area is 166 Å². The van der Waals surface area contributed by atoms with Gasteiger partial charge >= 0.3 is 0 Å². The van der Waals surface area contributed by atoms with Gasteiger partial charge in [0.1, 0.15) is 12.4 Å².